The molecule has 6 nitrogen and oxygen atoms in total. The lowest BCUT2D eigenvalue weighted by Gasteiger charge is -2.37. The minimum Gasteiger partial charge on any atom is -0.455 e. The maximum Gasteiger partial charge on any atom is 0.289 e. The first kappa shape index (κ1) is 21.0. The van der Waals surface area contributed by atoms with Gasteiger partial charge in [0.15, 0.2) is 5.76 Å². The third kappa shape index (κ3) is 4.12. The van der Waals surface area contributed by atoms with Crippen LogP contribution in [0.25, 0.3) is 0 Å². The molecule has 0 radical (unpaired) electrons. The number of benzene rings is 1. The lowest BCUT2D eigenvalue weighted by Crippen LogP contribution is -2.48. The van der Waals surface area contributed by atoms with Crippen LogP contribution in [0.15, 0.2) is 59.1 Å². The molecule has 0 spiro atoms. The Bertz CT molecular complexity index is 1060. The third-order valence-corrected chi connectivity index (χ3v) is 6.87. The minimum absolute atomic E-state index is 0.00890. The van der Waals surface area contributed by atoms with Crippen molar-refractivity contribution in [3.8, 4) is 0 Å². The highest BCUT2D eigenvalue weighted by atomic mass is 16.4. The Hall–Kier alpha value is -2.83. The van der Waals surface area contributed by atoms with Gasteiger partial charge in [0.05, 0.1) is 12.6 Å². The van der Waals surface area contributed by atoms with Crippen LogP contribution in [0, 0.1) is 6.92 Å². The van der Waals surface area contributed by atoms with Crippen LogP contribution in [0.3, 0.4) is 0 Å². The molecule has 2 aliphatic heterocycles. The molecule has 0 saturated carbocycles. The molecule has 0 bridgehead atoms. The Labute approximate surface area is 190 Å². The van der Waals surface area contributed by atoms with E-state index in [1.165, 1.54) is 16.8 Å². The number of hydrogen-bond donors (Lipinski definition) is 0. The second kappa shape index (κ2) is 8.96. The number of fused-ring (bicyclic) bond motifs is 1. The Balaban J connectivity index is 1.33. The molecule has 0 aliphatic carbocycles. The van der Waals surface area contributed by atoms with E-state index in [-0.39, 0.29) is 11.9 Å². The zero-order chi connectivity index (χ0) is 22.1. The van der Waals surface area contributed by atoms with E-state index in [1.807, 2.05) is 17.0 Å². The summed E-state index contributed by atoms with van der Waals surface area (Å²) < 4.78 is 8.42. The highest BCUT2D eigenvalue weighted by molar-refractivity contribution is 5.91. The molecule has 32 heavy (non-hydrogen) atoms. The Morgan fingerprint density at radius 3 is 2.50 bits per heavy atom. The molecule has 2 aromatic heterocycles. The predicted octanol–water partition coefficient (Wildman–Crippen LogP) is 3.77. The van der Waals surface area contributed by atoms with Crippen molar-refractivity contribution in [1.82, 2.24) is 19.3 Å². The van der Waals surface area contributed by atoms with Crippen LogP contribution >= 0.6 is 0 Å². The van der Waals surface area contributed by atoms with Crippen LogP contribution in [0.4, 0.5) is 0 Å². The van der Waals surface area contributed by atoms with E-state index in [0.29, 0.717) is 12.3 Å². The SMILES string of the molecule is CCN1CCN(C(=O)c2ccc(CN3CCn4cccc4C3c3ccc(C)cc3)o2)CC1. The summed E-state index contributed by atoms with van der Waals surface area (Å²) in [6.07, 6.45) is 2.16. The first-order chi connectivity index (χ1) is 15.6. The van der Waals surface area contributed by atoms with E-state index in [0.717, 1.165) is 51.6 Å². The number of aromatic nitrogens is 1. The van der Waals surface area contributed by atoms with Crippen molar-refractivity contribution < 1.29 is 9.21 Å². The van der Waals surface area contributed by atoms with Crippen LogP contribution < -0.4 is 0 Å². The van der Waals surface area contributed by atoms with Gasteiger partial charge in [-0.05, 0) is 43.3 Å². The zero-order valence-corrected chi connectivity index (χ0v) is 19.0. The number of nitrogens with zero attached hydrogens (tertiary/aromatic N) is 4. The highest BCUT2D eigenvalue weighted by Crippen LogP contribution is 2.34. The van der Waals surface area contributed by atoms with Gasteiger partial charge in [-0.2, -0.15) is 0 Å². The molecule has 1 unspecified atom stereocenters. The molecule has 1 atom stereocenters. The quantitative estimate of drug-likeness (QED) is 0.616. The van der Waals surface area contributed by atoms with Gasteiger partial charge < -0.3 is 18.8 Å². The summed E-state index contributed by atoms with van der Waals surface area (Å²) in [4.78, 5) is 19.7. The third-order valence-electron chi connectivity index (χ3n) is 6.87. The second-order valence-electron chi connectivity index (χ2n) is 8.90. The molecule has 5 rings (SSSR count). The molecule has 168 valence electrons. The topological polar surface area (TPSA) is 44.9 Å². The number of hydrogen-bond acceptors (Lipinski definition) is 4. The van der Waals surface area contributed by atoms with Crippen LogP contribution in [0.5, 0.6) is 0 Å². The number of amides is 1. The predicted molar refractivity (Wildman–Crippen MR) is 125 cm³/mol. The summed E-state index contributed by atoms with van der Waals surface area (Å²) in [6, 6.07) is 17.1. The molecule has 3 aromatic rings. The fraction of sp³-hybridized carbons (Fsp3) is 0.423. The summed E-state index contributed by atoms with van der Waals surface area (Å²) in [6.45, 7) is 11.3. The van der Waals surface area contributed by atoms with E-state index in [2.05, 4.69) is 70.8 Å². The molecule has 1 fully saturated rings. The number of carbonyl (C=O) groups is 1. The summed E-state index contributed by atoms with van der Waals surface area (Å²) in [7, 11) is 0. The highest BCUT2D eigenvalue weighted by Gasteiger charge is 2.30. The smallest absolute Gasteiger partial charge is 0.289 e. The monoisotopic (exact) mass is 432 g/mol. The number of rotatable bonds is 5. The van der Waals surface area contributed by atoms with Crippen molar-refractivity contribution in [1.29, 1.82) is 0 Å². The van der Waals surface area contributed by atoms with Crippen molar-refractivity contribution in [2.24, 2.45) is 0 Å². The lowest BCUT2D eigenvalue weighted by molar-refractivity contribution is 0.0607. The maximum absolute atomic E-state index is 12.9. The van der Waals surface area contributed by atoms with Gasteiger partial charge in [0.25, 0.3) is 5.91 Å². The van der Waals surface area contributed by atoms with Crippen LogP contribution in [-0.2, 0) is 13.1 Å². The molecule has 4 heterocycles. The molecular weight excluding hydrogens is 400 g/mol. The number of aryl methyl sites for hydroxylation is 1. The van der Waals surface area contributed by atoms with Gasteiger partial charge >= 0.3 is 0 Å². The number of piperazine rings is 1. The van der Waals surface area contributed by atoms with Crippen molar-refractivity contribution in [3.05, 3.63) is 83.1 Å². The Morgan fingerprint density at radius 1 is 0.969 bits per heavy atom. The van der Waals surface area contributed by atoms with Gasteiger partial charge in [-0.1, -0.05) is 36.8 Å². The normalized spacial score (nSPS) is 19.8. The number of furan rings is 1. The maximum atomic E-state index is 12.9. The van der Waals surface area contributed by atoms with Gasteiger partial charge in [-0.15, -0.1) is 0 Å². The lowest BCUT2D eigenvalue weighted by atomic mass is 9.99. The van der Waals surface area contributed by atoms with Crippen LogP contribution in [-0.4, -0.2) is 64.4 Å². The van der Waals surface area contributed by atoms with Crippen LogP contribution in [0.1, 0.15) is 46.1 Å². The van der Waals surface area contributed by atoms with E-state index in [1.54, 1.807) is 0 Å². The van der Waals surface area contributed by atoms with E-state index in [9.17, 15) is 4.79 Å². The van der Waals surface area contributed by atoms with Gasteiger partial charge in [0, 0.05) is 51.2 Å². The van der Waals surface area contributed by atoms with Gasteiger partial charge in [-0.3, -0.25) is 9.69 Å². The van der Waals surface area contributed by atoms with Crippen molar-refractivity contribution in [2.75, 3.05) is 39.3 Å². The number of carbonyl (C=O) groups excluding carboxylic acids is 1. The van der Waals surface area contributed by atoms with Crippen molar-refractivity contribution in [2.45, 2.75) is 33.0 Å². The Kier molecular flexibility index (Phi) is 5.89. The van der Waals surface area contributed by atoms with Gasteiger partial charge in [0.1, 0.15) is 5.76 Å². The van der Waals surface area contributed by atoms with Crippen LogP contribution in [0.2, 0.25) is 0 Å². The van der Waals surface area contributed by atoms with E-state index >= 15 is 0 Å². The molecule has 2 aliphatic rings. The van der Waals surface area contributed by atoms with Gasteiger partial charge in [-0.25, -0.2) is 0 Å². The molecule has 1 aromatic carbocycles. The first-order valence-electron chi connectivity index (χ1n) is 11.7. The minimum atomic E-state index is 0.00890. The van der Waals surface area contributed by atoms with Gasteiger partial charge in [0.2, 0.25) is 0 Å². The summed E-state index contributed by atoms with van der Waals surface area (Å²) >= 11 is 0. The molecule has 1 amide bonds. The summed E-state index contributed by atoms with van der Waals surface area (Å²) in [5, 5.41) is 0. The van der Waals surface area contributed by atoms with E-state index < -0.39 is 0 Å². The average molecular weight is 433 g/mol. The average Bonchev–Trinajstić information content (AvgIpc) is 3.49. The van der Waals surface area contributed by atoms with Crippen molar-refractivity contribution >= 4 is 5.91 Å². The summed E-state index contributed by atoms with van der Waals surface area (Å²) in [5.74, 6) is 1.31. The first-order valence-corrected chi connectivity index (χ1v) is 11.7. The fourth-order valence-electron chi connectivity index (χ4n) is 4.93. The zero-order valence-electron chi connectivity index (χ0n) is 19.0. The standard InChI is InChI=1S/C26H32N4O2/c1-3-27-13-15-29(16-14-27)26(31)24-11-10-22(32-24)19-30-18-17-28-12-4-5-23(28)25(30)21-8-6-20(2)7-9-21/h4-12,25H,3,13-19H2,1-2H3. The second-order valence-corrected chi connectivity index (χ2v) is 8.90. The van der Waals surface area contributed by atoms with Crippen molar-refractivity contribution in [3.63, 3.8) is 0 Å². The molecule has 6 heteroatoms. The van der Waals surface area contributed by atoms with E-state index in [4.69, 9.17) is 4.42 Å². The Morgan fingerprint density at radius 2 is 1.75 bits per heavy atom. The number of likely N-dealkylation sites (N-methyl/N-ethyl adjacent to an activating group) is 1. The molecular formula is C26H32N4O2. The summed E-state index contributed by atoms with van der Waals surface area (Å²) in [5.41, 5.74) is 3.85. The fourth-order valence-corrected chi connectivity index (χ4v) is 4.93. The molecule has 1 saturated heterocycles. The largest absolute Gasteiger partial charge is 0.455 e. The molecule has 0 N–H and O–H groups in total.